The summed E-state index contributed by atoms with van der Waals surface area (Å²) in [5.41, 5.74) is 1.41. The van der Waals surface area contributed by atoms with Crippen molar-refractivity contribution in [2.75, 3.05) is 10.8 Å². The fourth-order valence-corrected chi connectivity index (χ4v) is 4.15. The van der Waals surface area contributed by atoms with Crippen molar-refractivity contribution in [3.63, 3.8) is 0 Å². The number of carbonyl (C=O) groups excluding carboxylic acids is 1. The first-order valence-corrected chi connectivity index (χ1v) is 10.7. The van der Waals surface area contributed by atoms with Crippen LogP contribution in [0.5, 0.6) is 0 Å². The lowest BCUT2D eigenvalue weighted by atomic mass is 10.1. The topological polar surface area (TPSA) is 66.5 Å². The summed E-state index contributed by atoms with van der Waals surface area (Å²) < 4.78 is 27.8. The number of nitrogens with zero attached hydrogens (tertiary/aromatic N) is 1. The zero-order chi connectivity index (χ0) is 20.0. The monoisotopic (exact) mass is 388 g/mol. The Labute approximate surface area is 162 Å². The molecule has 0 aliphatic rings. The molecular weight excluding hydrogens is 360 g/mol. The van der Waals surface area contributed by atoms with E-state index in [1.54, 1.807) is 42.5 Å². The van der Waals surface area contributed by atoms with Crippen LogP contribution >= 0.6 is 0 Å². The van der Waals surface area contributed by atoms with E-state index < -0.39 is 10.0 Å². The van der Waals surface area contributed by atoms with Gasteiger partial charge < -0.3 is 5.32 Å². The largest absolute Gasteiger partial charge is 0.352 e. The maximum Gasteiger partial charge on any atom is 0.264 e. The molecular formula is C21H28N2O3S. The number of nitrogens with one attached hydrogen (secondary N) is 1. The smallest absolute Gasteiger partial charge is 0.264 e. The van der Waals surface area contributed by atoms with E-state index in [1.807, 2.05) is 39.8 Å². The van der Waals surface area contributed by atoms with Crippen molar-refractivity contribution in [2.24, 2.45) is 5.92 Å². The predicted molar refractivity (Wildman–Crippen MR) is 109 cm³/mol. The van der Waals surface area contributed by atoms with E-state index >= 15 is 0 Å². The average Bonchev–Trinajstić information content (AvgIpc) is 2.66. The first-order valence-electron chi connectivity index (χ1n) is 9.22. The van der Waals surface area contributed by atoms with E-state index in [0.717, 1.165) is 5.56 Å². The summed E-state index contributed by atoms with van der Waals surface area (Å²) in [6.45, 7) is 7.64. The van der Waals surface area contributed by atoms with Gasteiger partial charge in [-0.3, -0.25) is 9.10 Å². The van der Waals surface area contributed by atoms with E-state index in [2.05, 4.69) is 5.32 Å². The first-order chi connectivity index (χ1) is 12.8. The molecule has 0 bridgehead atoms. The van der Waals surface area contributed by atoms with Gasteiger partial charge in [-0.25, -0.2) is 8.42 Å². The van der Waals surface area contributed by atoms with Crippen LogP contribution in [-0.4, -0.2) is 26.9 Å². The molecule has 146 valence electrons. The number of anilines is 1. The van der Waals surface area contributed by atoms with Crippen LogP contribution in [0.4, 0.5) is 5.69 Å². The number of rotatable bonds is 8. The van der Waals surface area contributed by atoms with Crippen molar-refractivity contribution in [2.45, 2.75) is 45.1 Å². The van der Waals surface area contributed by atoms with E-state index in [4.69, 9.17) is 0 Å². The van der Waals surface area contributed by atoms with Crippen molar-refractivity contribution < 1.29 is 13.2 Å². The second-order valence-corrected chi connectivity index (χ2v) is 8.77. The molecule has 0 heterocycles. The van der Waals surface area contributed by atoms with Gasteiger partial charge in [0, 0.05) is 6.04 Å². The molecule has 0 spiro atoms. The number of aryl methyl sites for hydroxylation is 1. The highest BCUT2D eigenvalue weighted by molar-refractivity contribution is 7.92. The second kappa shape index (κ2) is 9.04. The van der Waals surface area contributed by atoms with Gasteiger partial charge in [0.15, 0.2) is 0 Å². The Morgan fingerprint density at radius 3 is 2.19 bits per heavy atom. The lowest BCUT2D eigenvalue weighted by molar-refractivity contribution is -0.120. The van der Waals surface area contributed by atoms with Crippen LogP contribution in [0.2, 0.25) is 0 Å². The van der Waals surface area contributed by atoms with Gasteiger partial charge in [0.25, 0.3) is 10.0 Å². The Bertz CT molecular complexity index is 864. The highest BCUT2D eigenvalue weighted by atomic mass is 32.2. The molecule has 2 aromatic rings. The van der Waals surface area contributed by atoms with Crippen LogP contribution in [0, 0.1) is 5.92 Å². The maximum absolute atomic E-state index is 13.3. The highest BCUT2D eigenvalue weighted by Crippen LogP contribution is 2.27. The fourth-order valence-electron chi connectivity index (χ4n) is 2.67. The predicted octanol–water partition coefficient (Wildman–Crippen LogP) is 3.61. The van der Waals surface area contributed by atoms with Gasteiger partial charge in [0.1, 0.15) is 6.54 Å². The fraction of sp³-hybridized carbons (Fsp3) is 0.381. The zero-order valence-electron chi connectivity index (χ0n) is 16.3. The van der Waals surface area contributed by atoms with Crippen molar-refractivity contribution >= 4 is 21.6 Å². The average molecular weight is 389 g/mol. The third-order valence-corrected chi connectivity index (χ3v) is 6.42. The molecule has 6 heteroatoms. The number of hydrogen-bond donors (Lipinski definition) is 1. The normalized spacial score (nSPS) is 12.6. The molecule has 0 saturated carbocycles. The Morgan fingerprint density at radius 2 is 1.59 bits per heavy atom. The molecule has 0 radical (unpaired) electrons. The summed E-state index contributed by atoms with van der Waals surface area (Å²) in [7, 11) is -3.87. The highest BCUT2D eigenvalue weighted by Gasteiger charge is 2.28. The first kappa shape index (κ1) is 21.0. The number of para-hydroxylation sites is 1. The molecule has 27 heavy (non-hydrogen) atoms. The van der Waals surface area contributed by atoms with E-state index in [0.29, 0.717) is 12.1 Å². The number of benzene rings is 2. The Kier molecular flexibility index (Phi) is 7.02. The van der Waals surface area contributed by atoms with Gasteiger partial charge in [-0.05, 0) is 43.0 Å². The Morgan fingerprint density at radius 1 is 1.00 bits per heavy atom. The van der Waals surface area contributed by atoms with Gasteiger partial charge in [-0.2, -0.15) is 0 Å². The van der Waals surface area contributed by atoms with Crippen molar-refractivity contribution in [3.8, 4) is 0 Å². The molecule has 0 aliphatic carbocycles. The van der Waals surface area contributed by atoms with Crippen molar-refractivity contribution in [3.05, 3.63) is 60.2 Å². The van der Waals surface area contributed by atoms with Crippen molar-refractivity contribution in [1.29, 1.82) is 0 Å². The van der Waals surface area contributed by atoms with Crippen LogP contribution in [0.3, 0.4) is 0 Å². The van der Waals surface area contributed by atoms with Gasteiger partial charge in [0.05, 0.1) is 10.6 Å². The van der Waals surface area contributed by atoms with Crippen LogP contribution in [-0.2, 0) is 21.2 Å². The Hall–Kier alpha value is -2.34. The van der Waals surface area contributed by atoms with Crippen molar-refractivity contribution in [1.82, 2.24) is 5.32 Å². The third kappa shape index (κ3) is 5.10. The van der Waals surface area contributed by atoms with Crippen LogP contribution in [0.25, 0.3) is 0 Å². The number of hydrogen-bond acceptors (Lipinski definition) is 3. The minimum Gasteiger partial charge on any atom is -0.352 e. The molecule has 2 rings (SSSR count). The second-order valence-electron chi connectivity index (χ2n) is 6.91. The molecule has 0 aliphatic heterocycles. The Balaban J connectivity index is 2.45. The zero-order valence-corrected chi connectivity index (χ0v) is 17.2. The molecule has 2 aromatic carbocycles. The number of sulfonamides is 1. The molecule has 5 nitrogen and oxygen atoms in total. The SMILES string of the molecule is CCc1ccccc1N(CC(=O)NC(C)C(C)C)S(=O)(=O)c1ccccc1. The van der Waals surface area contributed by atoms with E-state index in [-0.39, 0.29) is 29.3 Å². The lowest BCUT2D eigenvalue weighted by Crippen LogP contribution is -2.45. The van der Waals surface area contributed by atoms with Crippen LogP contribution in [0.1, 0.15) is 33.3 Å². The summed E-state index contributed by atoms with van der Waals surface area (Å²) in [6.07, 6.45) is 0.668. The summed E-state index contributed by atoms with van der Waals surface area (Å²) in [4.78, 5) is 12.8. The standard InChI is InChI=1S/C21H28N2O3S/c1-5-18-11-9-10-14-20(18)23(15-21(24)22-17(4)16(2)3)27(25,26)19-12-7-6-8-13-19/h6-14,16-17H,5,15H2,1-4H3,(H,22,24). The molecule has 1 unspecified atom stereocenters. The van der Waals surface area contributed by atoms with E-state index in [1.165, 1.54) is 4.31 Å². The maximum atomic E-state index is 13.3. The molecule has 1 N–H and O–H groups in total. The van der Waals surface area contributed by atoms with Gasteiger partial charge in [-0.1, -0.05) is 57.2 Å². The molecule has 1 amide bonds. The summed E-state index contributed by atoms with van der Waals surface area (Å²) in [5.74, 6) is -0.0577. The minimum absolute atomic E-state index is 0.0415. The number of amides is 1. The van der Waals surface area contributed by atoms with Gasteiger partial charge in [-0.15, -0.1) is 0 Å². The molecule has 0 aromatic heterocycles. The van der Waals surface area contributed by atoms with Gasteiger partial charge in [0.2, 0.25) is 5.91 Å². The lowest BCUT2D eigenvalue weighted by Gasteiger charge is -2.27. The quantitative estimate of drug-likeness (QED) is 0.751. The summed E-state index contributed by atoms with van der Waals surface area (Å²) in [6, 6.07) is 15.5. The molecule has 0 saturated heterocycles. The molecule has 1 atom stereocenters. The summed E-state index contributed by atoms with van der Waals surface area (Å²) >= 11 is 0. The van der Waals surface area contributed by atoms with Gasteiger partial charge >= 0.3 is 0 Å². The summed E-state index contributed by atoms with van der Waals surface area (Å²) in [5, 5.41) is 2.90. The van der Waals surface area contributed by atoms with Crippen LogP contribution < -0.4 is 9.62 Å². The minimum atomic E-state index is -3.87. The molecule has 0 fully saturated rings. The van der Waals surface area contributed by atoms with Crippen LogP contribution in [0.15, 0.2) is 59.5 Å². The van der Waals surface area contributed by atoms with E-state index in [9.17, 15) is 13.2 Å². The number of carbonyl (C=O) groups is 1. The third-order valence-electron chi connectivity index (χ3n) is 4.65.